The summed E-state index contributed by atoms with van der Waals surface area (Å²) in [5.74, 6) is -1.00. The summed E-state index contributed by atoms with van der Waals surface area (Å²) < 4.78 is 10.2. The van der Waals surface area contributed by atoms with E-state index in [1.165, 1.54) is 24.1 Å². The summed E-state index contributed by atoms with van der Waals surface area (Å²) in [4.78, 5) is 36.2. The third-order valence-corrected chi connectivity index (χ3v) is 5.70. The monoisotopic (exact) mass is 404 g/mol. The Morgan fingerprint density at radius 1 is 1.29 bits per heavy atom. The normalized spacial score (nSPS) is 12.8. The third kappa shape index (κ3) is 4.14. The lowest BCUT2D eigenvalue weighted by atomic mass is 9.96. The number of esters is 1. The zero-order chi connectivity index (χ0) is 20.3. The van der Waals surface area contributed by atoms with Crippen LogP contribution in [0, 0.1) is 17.0 Å². The minimum absolute atomic E-state index is 0.0350. The van der Waals surface area contributed by atoms with Gasteiger partial charge in [0.2, 0.25) is 0 Å². The molecular formula is C19H20N2O6S. The molecule has 3 rings (SSSR count). The molecule has 0 saturated carbocycles. The Hall–Kier alpha value is -2.94. The Labute approximate surface area is 165 Å². The topological polar surface area (TPSA) is 108 Å². The first-order chi connectivity index (χ1) is 13.4. The molecule has 1 N–H and O–H groups in total. The summed E-state index contributed by atoms with van der Waals surface area (Å²) in [5.41, 5.74) is 2.25. The second-order valence-electron chi connectivity index (χ2n) is 6.48. The molecule has 8 nitrogen and oxygen atoms in total. The molecule has 0 saturated heterocycles. The van der Waals surface area contributed by atoms with Crippen LogP contribution in [-0.2, 0) is 22.4 Å². The average Bonchev–Trinajstić information content (AvgIpc) is 3.11. The average molecular weight is 404 g/mol. The van der Waals surface area contributed by atoms with Crippen LogP contribution >= 0.6 is 11.3 Å². The van der Waals surface area contributed by atoms with Crippen LogP contribution in [0.15, 0.2) is 17.5 Å². The number of aryl methyl sites for hydroxylation is 2. The summed E-state index contributed by atoms with van der Waals surface area (Å²) in [6.07, 6.45) is 4.01. The van der Waals surface area contributed by atoms with E-state index < -0.39 is 23.4 Å². The van der Waals surface area contributed by atoms with Crippen LogP contribution < -0.4 is 10.1 Å². The number of hydrogen-bond donors (Lipinski definition) is 1. The van der Waals surface area contributed by atoms with Crippen LogP contribution in [0.3, 0.4) is 0 Å². The highest BCUT2D eigenvalue weighted by Crippen LogP contribution is 2.33. The zero-order valence-electron chi connectivity index (χ0n) is 15.6. The van der Waals surface area contributed by atoms with Gasteiger partial charge in [0.25, 0.3) is 5.91 Å². The number of methoxy groups -OCH3 is 1. The number of nitro groups is 1. The molecule has 148 valence electrons. The molecule has 0 unspecified atom stereocenters. The molecule has 9 heteroatoms. The van der Waals surface area contributed by atoms with E-state index in [0.717, 1.165) is 31.2 Å². The Balaban J connectivity index is 1.64. The van der Waals surface area contributed by atoms with E-state index >= 15 is 0 Å². The molecule has 28 heavy (non-hydrogen) atoms. The van der Waals surface area contributed by atoms with Crippen LogP contribution in [0.1, 0.15) is 39.2 Å². The SMILES string of the molecule is COc1cc(NC(=O)COC(=O)c2csc3c2CCCC3)c(C)cc1[N+](=O)[O-]. The summed E-state index contributed by atoms with van der Waals surface area (Å²) in [5, 5.41) is 15.4. The molecule has 1 aliphatic rings. The zero-order valence-corrected chi connectivity index (χ0v) is 16.4. The number of carbonyl (C=O) groups excluding carboxylic acids is 2. The Morgan fingerprint density at radius 2 is 2.04 bits per heavy atom. The minimum atomic E-state index is -0.555. The van der Waals surface area contributed by atoms with Crippen LogP contribution in [0.25, 0.3) is 0 Å². The molecule has 0 radical (unpaired) electrons. The lowest BCUT2D eigenvalue weighted by molar-refractivity contribution is -0.385. The Kier molecular flexibility index (Phi) is 5.93. The molecule has 2 aromatic rings. The second kappa shape index (κ2) is 8.39. The number of nitrogens with zero attached hydrogens (tertiary/aromatic N) is 1. The highest BCUT2D eigenvalue weighted by molar-refractivity contribution is 7.10. The molecule has 1 aliphatic carbocycles. The van der Waals surface area contributed by atoms with E-state index in [1.807, 2.05) is 0 Å². The van der Waals surface area contributed by atoms with Crippen molar-refractivity contribution in [3.8, 4) is 5.75 Å². The number of fused-ring (bicyclic) bond motifs is 1. The number of hydrogen-bond acceptors (Lipinski definition) is 7. The molecule has 0 bridgehead atoms. The van der Waals surface area contributed by atoms with Crippen molar-refractivity contribution in [2.75, 3.05) is 19.0 Å². The van der Waals surface area contributed by atoms with E-state index in [9.17, 15) is 19.7 Å². The van der Waals surface area contributed by atoms with Crippen molar-refractivity contribution < 1.29 is 24.0 Å². The summed E-state index contributed by atoms with van der Waals surface area (Å²) >= 11 is 1.56. The van der Waals surface area contributed by atoms with Crippen molar-refractivity contribution in [1.29, 1.82) is 0 Å². The van der Waals surface area contributed by atoms with Crippen LogP contribution in [-0.4, -0.2) is 30.5 Å². The van der Waals surface area contributed by atoms with E-state index in [1.54, 1.807) is 23.6 Å². The largest absolute Gasteiger partial charge is 0.490 e. The van der Waals surface area contributed by atoms with Crippen molar-refractivity contribution in [1.82, 2.24) is 0 Å². The van der Waals surface area contributed by atoms with Gasteiger partial charge in [-0.05, 0) is 43.7 Å². The Bertz CT molecular complexity index is 937. The van der Waals surface area contributed by atoms with Gasteiger partial charge in [-0.1, -0.05) is 0 Å². The van der Waals surface area contributed by atoms with E-state index in [0.29, 0.717) is 16.8 Å². The third-order valence-electron chi connectivity index (χ3n) is 4.61. The van der Waals surface area contributed by atoms with E-state index in [2.05, 4.69) is 5.32 Å². The maximum atomic E-state index is 12.3. The van der Waals surface area contributed by atoms with Crippen LogP contribution in [0.2, 0.25) is 0 Å². The summed E-state index contributed by atoms with van der Waals surface area (Å²) in [6, 6.07) is 2.69. The number of anilines is 1. The first-order valence-electron chi connectivity index (χ1n) is 8.80. The van der Waals surface area contributed by atoms with Gasteiger partial charge in [-0.25, -0.2) is 4.79 Å². The van der Waals surface area contributed by atoms with Gasteiger partial charge in [0.05, 0.1) is 17.6 Å². The number of ether oxygens (including phenoxy) is 2. The fourth-order valence-electron chi connectivity index (χ4n) is 3.17. The predicted octanol–water partition coefficient (Wildman–Crippen LogP) is 3.65. The fraction of sp³-hybridized carbons (Fsp3) is 0.368. The molecule has 0 spiro atoms. The standard InChI is InChI=1S/C19H20N2O6S/c1-11-7-15(21(24)25)16(26-2)8-14(11)20-18(22)9-27-19(23)13-10-28-17-6-4-3-5-12(13)17/h7-8,10H,3-6,9H2,1-2H3,(H,20,22). The summed E-state index contributed by atoms with van der Waals surface area (Å²) in [6.45, 7) is 1.19. The maximum Gasteiger partial charge on any atom is 0.339 e. The van der Waals surface area contributed by atoms with Gasteiger partial charge in [-0.15, -0.1) is 11.3 Å². The number of rotatable bonds is 6. The van der Waals surface area contributed by atoms with Gasteiger partial charge < -0.3 is 14.8 Å². The second-order valence-corrected chi connectivity index (χ2v) is 7.44. The smallest absolute Gasteiger partial charge is 0.339 e. The lowest BCUT2D eigenvalue weighted by Crippen LogP contribution is -2.22. The van der Waals surface area contributed by atoms with Crippen molar-refractivity contribution in [2.45, 2.75) is 32.6 Å². The van der Waals surface area contributed by atoms with Gasteiger partial charge in [0.15, 0.2) is 12.4 Å². The fourth-order valence-corrected chi connectivity index (χ4v) is 4.29. The van der Waals surface area contributed by atoms with Gasteiger partial charge in [-0.2, -0.15) is 0 Å². The molecule has 0 fully saturated rings. The maximum absolute atomic E-state index is 12.3. The number of nitrogens with one attached hydrogen (secondary N) is 1. The predicted molar refractivity (Wildman–Crippen MR) is 104 cm³/mol. The molecule has 0 atom stereocenters. The van der Waals surface area contributed by atoms with Crippen LogP contribution in [0.4, 0.5) is 11.4 Å². The summed E-state index contributed by atoms with van der Waals surface area (Å²) in [7, 11) is 1.31. The number of thiophene rings is 1. The first kappa shape index (κ1) is 19.8. The molecule has 1 aromatic heterocycles. The first-order valence-corrected chi connectivity index (χ1v) is 9.68. The van der Waals surface area contributed by atoms with Gasteiger partial charge in [-0.3, -0.25) is 14.9 Å². The van der Waals surface area contributed by atoms with Crippen molar-refractivity contribution >= 4 is 34.6 Å². The van der Waals surface area contributed by atoms with Crippen molar-refractivity contribution in [3.63, 3.8) is 0 Å². The molecular weight excluding hydrogens is 384 g/mol. The number of benzene rings is 1. The molecule has 0 aliphatic heterocycles. The molecule has 1 heterocycles. The van der Waals surface area contributed by atoms with Crippen LogP contribution in [0.5, 0.6) is 5.75 Å². The van der Waals surface area contributed by atoms with Crippen molar-refractivity contribution in [3.05, 3.63) is 49.2 Å². The van der Waals surface area contributed by atoms with E-state index in [-0.39, 0.29) is 11.4 Å². The Morgan fingerprint density at radius 3 is 2.75 bits per heavy atom. The van der Waals surface area contributed by atoms with Gasteiger partial charge in [0, 0.05) is 28.1 Å². The lowest BCUT2D eigenvalue weighted by Gasteiger charge is -2.13. The van der Waals surface area contributed by atoms with Gasteiger partial charge in [0.1, 0.15) is 0 Å². The van der Waals surface area contributed by atoms with Crippen molar-refractivity contribution in [2.24, 2.45) is 0 Å². The quantitative estimate of drug-likeness (QED) is 0.447. The highest BCUT2D eigenvalue weighted by atomic mass is 32.1. The van der Waals surface area contributed by atoms with Gasteiger partial charge >= 0.3 is 11.7 Å². The molecule has 1 amide bonds. The van der Waals surface area contributed by atoms with E-state index in [4.69, 9.17) is 9.47 Å². The number of nitro benzene ring substituents is 1. The highest BCUT2D eigenvalue weighted by Gasteiger charge is 2.22. The number of amides is 1. The molecule has 1 aromatic carbocycles. The number of carbonyl (C=O) groups is 2. The minimum Gasteiger partial charge on any atom is -0.490 e.